The molecule has 28 heavy (non-hydrogen) atoms. The molecule has 1 aliphatic rings. The molecule has 1 atom stereocenters. The zero-order chi connectivity index (χ0) is 19.5. The van der Waals surface area contributed by atoms with E-state index >= 15 is 0 Å². The molecule has 0 amide bonds. The second-order valence-corrected chi connectivity index (χ2v) is 7.89. The summed E-state index contributed by atoms with van der Waals surface area (Å²) in [5.74, 6) is 1.82. The second kappa shape index (κ2) is 8.66. The maximum atomic E-state index is 10.4. The molecule has 1 unspecified atom stereocenters. The highest BCUT2D eigenvalue weighted by atomic mass is 35.5. The molecule has 148 valence electrons. The van der Waals surface area contributed by atoms with Crippen LogP contribution in [0.3, 0.4) is 0 Å². The standard InChI is InChI=1S/C20H22Cl2N4O2/c21-16-4-3-5-17(22)19(16)28-13-15(27)12-25-10-7-14(8-11-25)20-24-23-18-6-1-2-9-26(18)20/h1-6,9,14-15,27H,7-8,10-13H2. The number of nitrogens with zero attached hydrogens (tertiary/aromatic N) is 4. The summed E-state index contributed by atoms with van der Waals surface area (Å²) >= 11 is 12.2. The first-order valence-electron chi connectivity index (χ1n) is 9.38. The van der Waals surface area contributed by atoms with Crippen molar-refractivity contribution in [1.82, 2.24) is 19.5 Å². The van der Waals surface area contributed by atoms with Crippen molar-refractivity contribution in [3.05, 3.63) is 58.5 Å². The number of aliphatic hydroxyl groups excluding tert-OH is 1. The van der Waals surface area contributed by atoms with Crippen LogP contribution in [0.15, 0.2) is 42.6 Å². The van der Waals surface area contributed by atoms with Crippen LogP contribution in [0.25, 0.3) is 5.65 Å². The molecular formula is C20H22Cl2N4O2. The van der Waals surface area contributed by atoms with Gasteiger partial charge in [0, 0.05) is 18.7 Å². The van der Waals surface area contributed by atoms with Crippen LogP contribution in [0.4, 0.5) is 0 Å². The summed E-state index contributed by atoms with van der Waals surface area (Å²) in [6.07, 6.45) is 3.37. The van der Waals surface area contributed by atoms with E-state index in [0.29, 0.717) is 28.3 Å². The lowest BCUT2D eigenvalue weighted by atomic mass is 9.96. The van der Waals surface area contributed by atoms with Gasteiger partial charge in [0.15, 0.2) is 11.4 Å². The van der Waals surface area contributed by atoms with E-state index in [2.05, 4.69) is 19.5 Å². The number of hydrogen-bond donors (Lipinski definition) is 1. The van der Waals surface area contributed by atoms with Crippen molar-refractivity contribution in [1.29, 1.82) is 0 Å². The first kappa shape index (κ1) is 19.5. The number of hydrogen-bond acceptors (Lipinski definition) is 5. The van der Waals surface area contributed by atoms with Crippen molar-refractivity contribution >= 4 is 28.8 Å². The van der Waals surface area contributed by atoms with E-state index in [4.69, 9.17) is 27.9 Å². The highest BCUT2D eigenvalue weighted by molar-refractivity contribution is 6.37. The fraction of sp³-hybridized carbons (Fsp3) is 0.400. The Morgan fingerprint density at radius 1 is 1.07 bits per heavy atom. The molecule has 4 rings (SSSR count). The fourth-order valence-electron chi connectivity index (χ4n) is 3.66. The van der Waals surface area contributed by atoms with Gasteiger partial charge in [-0.05, 0) is 50.2 Å². The third-order valence-electron chi connectivity index (χ3n) is 5.10. The Bertz CT molecular complexity index is 921. The highest BCUT2D eigenvalue weighted by Gasteiger charge is 2.25. The molecule has 1 aromatic carbocycles. The molecule has 0 saturated carbocycles. The average Bonchev–Trinajstić information content (AvgIpc) is 3.12. The van der Waals surface area contributed by atoms with Gasteiger partial charge in [0.2, 0.25) is 0 Å². The van der Waals surface area contributed by atoms with Crippen molar-refractivity contribution in [2.24, 2.45) is 0 Å². The Morgan fingerprint density at radius 2 is 1.82 bits per heavy atom. The third-order valence-corrected chi connectivity index (χ3v) is 5.70. The van der Waals surface area contributed by atoms with Crippen LogP contribution in [-0.2, 0) is 0 Å². The van der Waals surface area contributed by atoms with Crippen LogP contribution >= 0.6 is 23.2 Å². The van der Waals surface area contributed by atoms with Crippen molar-refractivity contribution in [2.45, 2.75) is 24.9 Å². The lowest BCUT2D eigenvalue weighted by molar-refractivity contribution is 0.0591. The van der Waals surface area contributed by atoms with Crippen molar-refractivity contribution in [3.8, 4) is 5.75 Å². The van der Waals surface area contributed by atoms with Gasteiger partial charge in [-0.25, -0.2) is 0 Å². The van der Waals surface area contributed by atoms with Crippen LogP contribution in [0.2, 0.25) is 10.0 Å². The number of ether oxygens (including phenoxy) is 1. The average molecular weight is 421 g/mol. The quantitative estimate of drug-likeness (QED) is 0.659. The normalized spacial score (nSPS) is 17.1. The summed E-state index contributed by atoms with van der Waals surface area (Å²) in [5.41, 5.74) is 0.880. The van der Waals surface area contributed by atoms with E-state index < -0.39 is 6.10 Å². The second-order valence-electron chi connectivity index (χ2n) is 7.08. The molecule has 1 aliphatic heterocycles. The Balaban J connectivity index is 1.28. The number of halogens is 2. The Kier molecular flexibility index (Phi) is 6.01. The van der Waals surface area contributed by atoms with Crippen LogP contribution in [-0.4, -0.2) is 56.9 Å². The number of likely N-dealkylation sites (tertiary alicyclic amines) is 1. The fourth-order valence-corrected chi connectivity index (χ4v) is 4.17. The van der Waals surface area contributed by atoms with Crippen molar-refractivity contribution in [3.63, 3.8) is 0 Å². The third kappa shape index (κ3) is 4.25. The number of rotatable bonds is 6. The topological polar surface area (TPSA) is 62.9 Å². The van der Waals surface area contributed by atoms with Gasteiger partial charge in [-0.3, -0.25) is 4.40 Å². The lowest BCUT2D eigenvalue weighted by Crippen LogP contribution is -2.40. The molecule has 3 heterocycles. The van der Waals surface area contributed by atoms with E-state index in [9.17, 15) is 5.11 Å². The predicted octanol–water partition coefficient (Wildman–Crippen LogP) is 3.66. The van der Waals surface area contributed by atoms with Gasteiger partial charge in [0.05, 0.1) is 10.0 Å². The van der Waals surface area contributed by atoms with Gasteiger partial charge in [-0.2, -0.15) is 0 Å². The van der Waals surface area contributed by atoms with E-state index in [-0.39, 0.29) is 6.61 Å². The van der Waals surface area contributed by atoms with E-state index in [0.717, 1.165) is 37.4 Å². The van der Waals surface area contributed by atoms with Gasteiger partial charge in [-0.15, -0.1) is 10.2 Å². The monoisotopic (exact) mass is 420 g/mol. The van der Waals surface area contributed by atoms with Crippen LogP contribution < -0.4 is 4.74 Å². The molecule has 0 spiro atoms. The number of benzene rings is 1. The first-order chi connectivity index (χ1) is 13.6. The van der Waals surface area contributed by atoms with Gasteiger partial charge >= 0.3 is 0 Å². The lowest BCUT2D eigenvalue weighted by Gasteiger charge is -2.32. The summed E-state index contributed by atoms with van der Waals surface area (Å²) in [7, 11) is 0. The molecule has 6 nitrogen and oxygen atoms in total. The number of piperidine rings is 1. The number of aromatic nitrogens is 3. The van der Waals surface area contributed by atoms with E-state index in [1.807, 2.05) is 24.4 Å². The molecule has 0 radical (unpaired) electrons. The maximum absolute atomic E-state index is 10.4. The highest BCUT2D eigenvalue weighted by Crippen LogP contribution is 2.32. The van der Waals surface area contributed by atoms with E-state index in [1.54, 1.807) is 18.2 Å². The molecule has 8 heteroatoms. The number of pyridine rings is 1. The number of fused-ring (bicyclic) bond motifs is 1. The zero-order valence-corrected chi connectivity index (χ0v) is 16.9. The van der Waals surface area contributed by atoms with E-state index in [1.165, 1.54) is 0 Å². The molecule has 1 N–H and O–H groups in total. The minimum atomic E-state index is -0.613. The van der Waals surface area contributed by atoms with Crippen LogP contribution in [0, 0.1) is 0 Å². The number of β-amino-alcohol motifs (C(OH)–C–C–N with tert-alkyl or cyclic N) is 1. The van der Waals surface area contributed by atoms with Gasteiger partial charge in [-0.1, -0.05) is 35.3 Å². The Labute approximate surface area is 173 Å². The molecular weight excluding hydrogens is 399 g/mol. The minimum absolute atomic E-state index is 0.151. The summed E-state index contributed by atoms with van der Waals surface area (Å²) in [4.78, 5) is 2.25. The largest absolute Gasteiger partial charge is 0.488 e. The van der Waals surface area contributed by atoms with Crippen LogP contribution in [0.5, 0.6) is 5.75 Å². The molecule has 1 fully saturated rings. The Hall–Kier alpha value is -1.86. The predicted molar refractivity (Wildman–Crippen MR) is 109 cm³/mol. The molecule has 0 bridgehead atoms. The first-order valence-corrected chi connectivity index (χ1v) is 10.1. The molecule has 0 aliphatic carbocycles. The molecule has 2 aromatic heterocycles. The maximum Gasteiger partial charge on any atom is 0.160 e. The zero-order valence-electron chi connectivity index (χ0n) is 15.3. The van der Waals surface area contributed by atoms with Crippen molar-refractivity contribution in [2.75, 3.05) is 26.2 Å². The summed E-state index contributed by atoms with van der Waals surface area (Å²) in [6, 6.07) is 11.1. The van der Waals surface area contributed by atoms with Gasteiger partial charge in [0.1, 0.15) is 18.5 Å². The summed E-state index contributed by atoms with van der Waals surface area (Å²) < 4.78 is 7.70. The smallest absolute Gasteiger partial charge is 0.160 e. The van der Waals surface area contributed by atoms with Gasteiger partial charge in [0.25, 0.3) is 0 Å². The molecule has 3 aromatic rings. The van der Waals surface area contributed by atoms with Gasteiger partial charge < -0.3 is 14.7 Å². The van der Waals surface area contributed by atoms with Crippen LogP contribution in [0.1, 0.15) is 24.6 Å². The van der Waals surface area contributed by atoms with Crippen molar-refractivity contribution < 1.29 is 9.84 Å². The number of aliphatic hydroxyl groups is 1. The molecule has 1 saturated heterocycles. The minimum Gasteiger partial charge on any atom is -0.488 e. The SMILES string of the molecule is OC(COc1c(Cl)cccc1Cl)CN1CCC(c2nnc3ccccn23)CC1. The number of para-hydroxylation sites is 1. The summed E-state index contributed by atoms with van der Waals surface area (Å²) in [6.45, 7) is 2.50. The summed E-state index contributed by atoms with van der Waals surface area (Å²) in [5, 5.41) is 19.9. The Morgan fingerprint density at radius 3 is 2.57 bits per heavy atom.